The van der Waals surface area contributed by atoms with Gasteiger partial charge in [0.1, 0.15) is 0 Å². The van der Waals surface area contributed by atoms with Crippen molar-refractivity contribution in [3.8, 4) is 0 Å². The summed E-state index contributed by atoms with van der Waals surface area (Å²) in [5, 5.41) is 0.594. The van der Waals surface area contributed by atoms with Crippen LogP contribution < -0.4 is 0 Å². The average Bonchev–Trinajstić information content (AvgIpc) is 2.50. The van der Waals surface area contributed by atoms with Crippen molar-refractivity contribution in [3.63, 3.8) is 0 Å². The number of nitrogens with zero attached hydrogens (tertiary/aromatic N) is 2. The molecule has 8 nitrogen and oxygen atoms in total. The second kappa shape index (κ2) is 12.7. The first-order valence-electron chi connectivity index (χ1n) is 6.97. The fraction of sp³-hybridized carbons (Fsp3) is 0.571. The van der Waals surface area contributed by atoms with Crippen molar-refractivity contribution in [2.45, 2.75) is 33.1 Å². The summed E-state index contributed by atoms with van der Waals surface area (Å²) in [5.41, 5.74) is 0. The molecule has 0 aliphatic heterocycles. The Morgan fingerprint density at radius 1 is 1.18 bits per heavy atom. The Labute approximate surface area is 129 Å². The van der Waals surface area contributed by atoms with Gasteiger partial charge < -0.3 is 4.74 Å². The normalized spacial score (nSPS) is 10.5. The van der Waals surface area contributed by atoms with Crippen molar-refractivity contribution in [1.82, 2.24) is 9.96 Å². The van der Waals surface area contributed by atoms with E-state index < -0.39 is 11.8 Å². The lowest BCUT2D eigenvalue weighted by atomic mass is 10.3. The average molecular weight is 314 g/mol. The molecule has 4 amide bonds. The molecule has 0 aromatic rings. The highest BCUT2D eigenvalue weighted by Crippen LogP contribution is 1.97. The minimum absolute atomic E-state index is 0.207. The zero-order valence-electron chi connectivity index (χ0n) is 12.9. The summed E-state index contributed by atoms with van der Waals surface area (Å²) in [6.07, 6.45) is 4.80. The number of amides is 4. The van der Waals surface area contributed by atoms with E-state index in [0.29, 0.717) is 24.3 Å². The van der Waals surface area contributed by atoms with Gasteiger partial charge in [-0.2, -0.15) is 5.06 Å². The molecule has 124 valence electrons. The van der Waals surface area contributed by atoms with E-state index in [9.17, 15) is 19.2 Å². The number of hydrogen-bond acceptors (Lipinski definition) is 6. The fourth-order valence-corrected chi connectivity index (χ4v) is 1.43. The second-order valence-electron chi connectivity index (χ2n) is 4.22. The molecule has 0 bridgehead atoms. The molecule has 22 heavy (non-hydrogen) atoms. The van der Waals surface area contributed by atoms with Crippen LogP contribution in [0.15, 0.2) is 12.2 Å². The van der Waals surface area contributed by atoms with Crippen LogP contribution in [0.2, 0.25) is 0 Å². The Bertz CT molecular complexity index is 397. The predicted octanol–water partition coefficient (Wildman–Crippen LogP) is 0.628. The molecule has 0 aromatic carbocycles. The summed E-state index contributed by atoms with van der Waals surface area (Å²) in [4.78, 5) is 50.0. The standard InChI is InChI=1S/C14H22N2O6/c1-3-6-13(19)15(10-17)8-5-9-21-12-22-16(11-18)14(20)7-4-2/h3,6,10-11H,4-5,7-9,12H2,1-2H3/b6-3-. The van der Waals surface area contributed by atoms with Crippen LogP contribution >= 0.6 is 0 Å². The molecule has 0 saturated heterocycles. The maximum atomic E-state index is 11.4. The highest BCUT2D eigenvalue weighted by Gasteiger charge is 2.12. The van der Waals surface area contributed by atoms with Crippen LogP contribution in [0.4, 0.5) is 0 Å². The lowest BCUT2D eigenvalue weighted by molar-refractivity contribution is -0.215. The topological polar surface area (TPSA) is 93.2 Å². The SMILES string of the molecule is C/C=C\C(=O)N(C=O)CCCOCON(C=O)C(=O)CCC. The van der Waals surface area contributed by atoms with Gasteiger partial charge >= 0.3 is 0 Å². The zero-order chi connectivity index (χ0) is 16.8. The number of hydrogen-bond donors (Lipinski definition) is 0. The molecule has 0 aliphatic carbocycles. The van der Waals surface area contributed by atoms with E-state index in [-0.39, 0.29) is 32.8 Å². The molecule has 8 heteroatoms. The second-order valence-corrected chi connectivity index (χ2v) is 4.22. The molecule has 0 unspecified atom stereocenters. The summed E-state index contributed by atoms with van der Waals surface area (Å²) < 4.78 is 5.08. The summed E-state index contributed by atoms with van der Waals surface area (Å²) >= 11 is 0. The molecular weight excluding hydrogens is 292 g/mol. The maximum absolute atomic E-state index is 11.4. The summed E-state index contributed by atoms with van der Waals surface area (Å²) in [5.74, 6) is -0.837. The third-order valence-corrected chi connectivity index (χ3v) is 2.49. The first-order valence-corrected chi connectivity index (χ1v) is 6.97. The van der Waals surface area contributed by atoms with Crippen LogP contribution in [0.1, 0.15) is 33.1 Å². The van der Waals surface area contributed by atoms with Gasteiger partial charge in [-0.3, -0.25) is 24.1 Å². The maximum Gasteiger partial charge on any atom is 0.253 e. The van der Waals surface area contributed by atoms with Crippen LogP contribution in [0.25, 0.3) is 0 Å². The monoisotopic (exact) mass is 314 g/mol. The van der Waals surface area contributed by atoms with Crippen LogP contribution in [-0.4, -0.2) is 54.5 Å². The van der Waals surface area contributed by atoms with Crippen LogP contribution in [0.5, 0.6) is 0 Å². The smallest absolute Gasteiger partial charge is 0.253 e. The van der Waals surface area contributed by atoms with Gasteiger partial charge in [-0.15, -0.1) is 0 Å². The van der Waals surface area contributed by atoms with Gasteiger partial charge in [0.05, 0.1) is 6.61 Å². The van der Waals surface area contributed by atoms with E-state index >= 15 is 0 Å². The zero-order valence-corrected chi connectivity index (χ0v) is 12.9. The number of ether oxygens (including phenoxy) is 1. The summed E-state index contributed by atoms with van der Waals surface area (Å²) in [6.45, 7) is 3.64. The van der Waals surface area contributed by atoms with E-state index in [4.69, 9.17) is 9.57 Å². The van der Waals surface area contributed by atoms with E-state index in [1.807, 2.05) is 6.92 Å². The molecule has 0 rings (SSSR count). The van der Waals surface area contributed by atoms with Crippen molar-refractivity contribution < 1.29 is 28.8 Å². The summed E-state index contributed by atoms with van der Waals surface area (Å²) in [6, 6.07) is 0. The molecule has 0 radical (unpaired) electrons. The quantitative estimate of drug-likeness (QED) is 0.172. The molecule has 0 heterocycles. The van der Waals surface area contributed by atoms with Gasteiger partial charge in [-0.25, -0.2) is 4.84 Å². The van der Waals surface area contributed by atoms with Gasteiger partial charge in [0.2, 0.25) is 12.8 Å². The predicted molar refractivity (Wildman–Crippen MR) is 76.9 cm³/mol. The molecule has 0 aliphatic rings. The largest absolute Gasteiger partial charge is 0.353 e. The van der Waals surface area contributed by atoms with Crippen molar-refractivity contribution in [3.05, 3.63) is 12.2 Å². The number of imide groups is 2. The molecule has 0 aromatic heterocycles. The van der Waals surface area contributed by atoms with Gasteiger partial charge in [-0.05, 0) is 25.8 Å². The minimum atomic E-state index is -0.440. The summed E-state index contributed by atoms with van der Waals surface area (Å²) in [7, 11) is 0. The highest BCUT2D eigenvalue weighted by atomic mass is 16.8. The number of hydroxylamine groups is 2. The first-order chi connectivity index (χ1) is 10.6. The Hall–Kier alpha value is -2.06. The third-order valence-electron chi connectivity index (χ3n) is 2.49. The van der Waals surface area contributed by atoms with Gasteiger partial charge in [-0.1, -0.05) is 13.0 Å². The van der Waals surface area contributed by atoms with E-state index in [2.05, 4.69) is 0 Å². The van der Waals surface area contributed by atoms with E-state index in [0.717, 1.165) is 4.90 Å². The van der Waals surface area contributed by atoms with Crippen molar-refractivity contribution in [1.29, 1.82) is 0 Å². The fourth-order valence-electron chi connectivity index (χ4n) is 1.43. The Morgan fingerprint density at radius 2 is 1.91 bits per heavy atom. The lowest BCUT2D eigenvalue weighted by Gasteiger charge is -2.15. The molecule has 0 spiro atoms. The molecule has 0 fully saturated rings. The Morgan fingerprint density at radius 3 is 2.45 bits per heavy atom. The number of rotatable bonds is 12. The minimum Gasteiger partial charge on any atom is -0.353 e. The van der Waals surface area contributed by atoms with Crippen molar-refractivity contribution in [2.24, 2.45) is 0 Å². The first kappa shape index (κ1) is 19.9. The molecular formula is C14H22N2O6. The van der Waals surface area contributed by atoms with Crippen LogP contribution in [0, 0.1) is 0 Å². The van der Waals surface area contributed by atoms with Gasteiger partial charge in [0.25, 0.3) is 11.8 Å². The van der Waals surface area contributed by atoms with Gasteiger partial charge in [0.15, 0.2) is 6.79 Å². The van der Waals surface area contributed by atoms with Crippen molar-refractivity contribution >= 4 is 24.6 Å². The Balaban J connectivity index is 3.88. The third kappa shape index (κ3) is 8.28. The van der Waals surface area contributed by atoms with Gasteiger partial charge in [0, 0.05) is 13.0 Å². The van der Waals surface area contributed by atoms with E-state index in [1.165, 1.54) is 6.08 Å². The van der Waals surface area contributed by atoms with E-state index in [1.54, 1.807) is 13.0 Å². The molecule has 0 saturated carbocycles. The molecule has 0 atom stereocenters. The van der Waals surface area contributed by atoms with Crippen LogP contribution in [-0.2, 0) is 28.8 Å². The van der Waals surface area contributed by atoms with Crippen molar-refractivity contribution in [2.75, 3.05) is 19.9 Å². The molecule has 0 N–H and O–H groups in total. The number of carbonyl (C=O) groups is 4. The van der Waals surface area contributed by atoms with Crippen LogP contribution in [0.3, 0.4) is 0 Å². The Kier molecular flexibility index (Phi) is 11.5. The number of allylic oxidation sites excluding steroid dienone is 1. The number of carbonyl (C=O) groups excluding carboxylic acids is 4. The highest BCUT2D eigenvalue weighted by molar-refractivity contribution is 5.94. The lowest BCUT2D eigenvalue weighted by Crippen LogP contribution is -2.31.